The minimum Gasteiger partial charge on any atom is -0.378 e. The lowest BCUT2D eigenvalue weighted by atomic mass is 10.0. The predicted molar refractivity (Wildman–Crippen MR) is 94.6 cm³/mol. The number of aliphatic imine (C=N–C) groups is 1. The molecule has 0 spiro atoms. The molecular formula is C14H32IN3O. The minimum absolute atomic E-state index is 0. The third kappa shape index (κ3) is 11.5. The van der Waals surface area contributed by atoms with Gasteiger partial charge in [-0.05, 0) is 25.7 Å². The maximum Gasteiger partial charge on any atom is 0.190 e. The van der Waals surface area contributed by atoms with Gasteiger partial charge in [0, 0.05) is 26.7 Å². The molecule has 0 saturated heterocycles. The lowest BCUT2D eigenvalue weighted by Crippen LogP contribution is -2.39. The van der Waals surface area contributed by atoms with Crippen molar-refractivity contribution in [2.75, 3.05) is 26.7 Å². The highest BCUT2D eigenvalue weighted by molar-refractivity contribution is 14.0. The Hall–Kier alpha value is -0.0400. The van der Waals surface area contributed by atoms with Gasteiger partial charge in [-0.3, -0.25) is 4.99 Å². The highest BCUT2D eigenvalue weighted by atomic mass is 127. The van der Waals surface area contributed by atoms with E-state index in [2.05, 4.69) is 36.4 Å². The van der Waals surface area contributed by atoms with Crippen molar-refractivity contribution in [2.24, 2.45) is 10.9 Å². The fraction of sp³-hybridized carbons (Fsp3) is 0.929. The number of hydrogen-bond donors (Lipinski definition) is 2. The average molecular weight is 385 g/mol. The standard InChI is InChI=1S/C14H31N3O.HI/c1-6-8-10-16-14(15-5)17-11-9-13(12(3)4)18-7-2;/h12-13H,6-11H2,1-5H3,(H2,15,16,17);1H. The van der Waals surface area contributed by atoms with Crippen LogP contribution in [-0.4, -0.2) is 38.8 Å². The smallest absolute Gasteiger partial charge is 0.190 e. The van der Waals surface area contributed by atoms with E-state index in [9.17, 15) is 0 Å². The summed E-state index contributed by atoms with van der Waals surface area (Å²) >= 11 is 0. The Labute approximate surface area is 136 Å². The second kappa shape index (κ2) is 14.4. The first-order valence-electron chi connectivity index (χ1n) is 7.21. The molecule has 0 bridgehead atoms. The van der Waals surface area contributed by atoms with Gasteiger partial charge in [-0.2, -0.15) is 0 Å². The Bertz CT molecular complexity index is 223. The van der Waals surface area contributed by atoms with E-state index in [1.807, 2.05) is 14.0 Å². The van der Waals surface area contributed by atoms with Crippen LogP contribution in [0.15, 0.2) is 4.99 Å². The second-order valence-electron chi connectivity index (χ2n) is 4.81. The number of hydrogen-bond acceptors (Lipinski definition) is 2. The van der Waals surface area contributed by atoms with E-state index in [1.165, 1.54) is 12.8 Å². The van der Waals surface area contributed by atoms with Gasteiger partial charge in [-0.25, -0.2) is 0 Å². The van der Waals surface area contributed by atoms with Gasteiger partial charge in [0.2, 0.25) is 0 Å². The fourth-order valence-corrected chi connectivity index (χ4v) is 1.76. The topological polar surface area (TPSA) is 45.7 Å². The van der Waals surface area contributed by atoms with Gasteiger partial charge in [0.05, 0.1) is 6.10 Å². The van der Waals surface area contributed by atoms with Gasteiger partial charge in [-0.1, -0.05) is 27.2 Å². The monoisotopic (exact) mass is 385 g/mol. The SMILES string of the molecule is CCCCNC(=NC)NCCC(OCC)C(C)C.I. The molecule has 4 nitrogen and oxygen atoms in total. The van der Waals surface area contributed by atoms with Gasteiger partial charge >= 0.3 is 0 Å². The highest BCUT2D eigenvalue weighted by Crippen LogP contribution is 2.09. The molecule has 0 heterocycles. The number of rotatable bonds is 9. The molecular weight excluding hydrogens is 353 g/mol. The maximum absolute atomic E-state index is 5.72. The van der Waals surface area contributed by atoms with Crippen LogP contribution in [0.5, 0.6) is 0 Å². The molecule has 1 unspecified atom stereocenters. The molecule has 0 rings (SSSR count). The average Bonchev–Trinajstić information content (AvgIpc) is 2.35. The lowest BCUT2D eigenvalue weighted by Gasteiger charge is -2.21. The molecule has 5 heteroatoms. The molecule has 0 saturated carbocycles. The maximum atomic E-state index is 5.72. The van der Waals surface area contributed by atoms with Crippen LogP contribution in [-0.2, 0) is 4.74 Å². The molecule has 0 aliphatic rings. The van der Waals surface area contributed by atoms with Crippen molar-refractivity contribution in [2.45, 2.75) is 53.1 Å². The molecule has 0 amide bonds. The van der Waals surface area contributed by atoms with E-state index < -0.39 is 0 Å². The Kier molecular flexibility index (Phi) is 16.1. The molecule has 2 N–H and O–H groups in total. The Morgan fingerprint density at radius 3 is 2.26 bits per heavy atom. The summed E-state index contributed by atoms with van der Waals surface area (Å²) in [6, 6.07) is 0. The van der Waals surface area contributed by atoms with Gasteiger partial charge in [0.15, 0.2) is 5.96 Å². The summed E-state index contributed by atoms with van der Waals surface area (Å²) in [5.41, 5.74) is 0. The molecule has 0 aromatic rings. The molecule has 0 aliphatic heterocycles. The molecule has 116 valence electrons. The van der Waals surface area contributed by atoms with Crippen molar-refractivity contribution in [1.29, 1.82) is 0 Å². The Morgan fingerprint density at radius 2 is 1.79 bits per heavy atom. The van der Waals surface area contributed by atoms with Crippen molar-refractivity contribution in [3.05, 3.63) is 0 Å². The first kappa shape index (κ1) is 21.3. The normalized spacial score (nSPS) is 13.1. The van der Waals surface area contributed by atoms with Gasteiger partial charge in [-0.15, -0.1) is 24.0 Å². The van der Waals surface area contributed by atoms with E-state index in [0.29, 0.717) is 12.0 Å². The van der Waals surface area contributed by atoms with Crippen LogP contribution in [0.4, 0.5) is 0 Å². The fourth-order valence-electron chi connectivity index (χ4n) is 1.76. The van der Waals surface area contributed by atoms with Crippen molar-refractivity contribution in [1.82, 2.24) is 10.6 Å². The first-order valence-corrected chi connectivity index (χ1v) is 7.21. The highest BCUT2D eigenvalue weighted by Gasteiger charge is 2.12. The zero-order chi connectivity index (χ0) is 13.8. The van der Waals surface area contributed by atoms with Crippen molar-refractivity contribution in [3.63, 3.8) is 0 Å². The van der Waals surface area contributed by atoms with Gasteiger partial charge in [0.25, 0.3) is 0 Å². The summed E-state index contributed by atoms with van der Waals surface area (Å²) in [7, 11) is 1.81. The summed E-state index contributed by atoms with van der Waals surface area (Å²) in [6.45, 7) is 11.3. The number of nitrogens with zero attached hydrogens (tertiary/aromatic N) is 1. The Morgan fingerprint density at radius 1 is 1.16 bits per heavy atom. The zero-order valence-corrected chi connectivity index (χ0v) is 15.5. The zero-order valence-electron chi connectivity index (χ0n) is 13.2. The molecule has 0 aromatic heterocycles. The summed E-state index contributed by atoms with van der Waals surface area (Å²) in [6.07, 6.45) is 3.72. The van der Waals surface area contributed by atoms with E-state index in [0.717, 1.165) is 32.1 Å². The van der Waals surface area contributed by atoms with Crippen LogP contribution in [0.1, 0.15) is 47.0 Å². The van der Waals surface area contributed by atoms with Gasteiger partial charge in [0.1, 0.15) is 0 Å². The molecule has 0 radical (unpaired) electrons. The number of guanidine groups is 1. The summed E-state index contributed by atoms with van der Waals surface area (Å²) in [4.78, 5) is 4.20. The quantitative estimate of drug-likeness (QED) is 0.278. The lowest BCUT2D eigenvalue weighted by molar-refractivity contribution is 0.0258. The van der Waals surface area contributed by atoms with E-state index in [1.54, 1.807) is 0 Å². The van der Waals surface area contributed by atoms with Crippen LogP contribution in [0.3, 0.4) is 0 Å². The molecule has 0 aliphatic carbocycles. The number of ether oxygens (including phenoxy) is 1. The van der Waals surface area contributed by atoms with Crippen molar-refractivity contribution < 1.29 is 4.74 Å². The van der Waals surface area contributed by atoms with Crippen molar-refractivity contribution in [3.8, 4) is 0 Å². The molecule has 0 fully saturated rings. The van der Waals surface area contributed by atoms with Crippen LogP contribution in [0, 0.1) is 5.92 Å². The Balaban J connectivity index is 0. The number of nitrogens with one attached hydrogen (secondary N) is 2. The van der Waals surface area contributed by atoms with E-state index in [4.69, 9.17) is 4.74 Å². The summed E-state index contributed by atoms with van der Waals surface area (Å²) < 4.78 is 5.72. The molecule has 19 heavy (non-hydrogen) atoms. The van der Waals surface area contributed by atoms with Crippen LogP contribution in [0.25, 0.3) is 0 Å². The second-order valence-corrected chi connectivity index (χ2v) is 4.81. The van der Waals surface area contributed by atoms with Crippen LogP contribution >= 0.6 is 24.0 Å². The summed E-state index contributed by atoms with van der Waals surface area (Å²) in [5, 5.41) is 6.63. The van der Waals surface area contributed by atoms with E-state index in [-0.39, 0.29) is 24.0 Å². The van der Waals surface area contributed by atoms with Crippen LogP contribution < -0.4 is 10.6 Å². The van der Waals surface area contributed by atoms with E-state index >= 15 is 0 Å². The third-order valence-corrected chi connectivity index (χ3v) is 2.89. The van der Waals surface area contributed by atoms with Crippen LogP contribution in [0.2, 0.25) is 0 Å². The molecule has 1 atom stereocenters. The van der Waals surface area contributed by atoms with Crippen molar-refractivity contribution >= 4 is 29.9 Å². The largest absolute Gasteiger partial charge is 0.378 e. The summed E-state index contributed by atoms with van der Waals surface area (Å²) in [5.74, 6) is 1.45. The molecule has 0 aromatic carbocycles. The number of unbranched alkanes of at least 4 members (excludes halogenated alkanes) is 1. The number of halogens is 1. The van der Waals surface area contributed by atoms with Gasteiger partial charge < -0.3 is 15.4 Å². The predicted octanol–water partition coefficient (Wildman–Crippen LogP) is 3.02. The minimum atomic E-state index is 0. The third-order valence-electron chi connectivity index (χ3n) is 2.89. The first-order chi connectivity index (χ1) is 8.65.